The number of carbonyl (C=O) groups excluding carboxylic acids is 1. The smallest absolute Gasteiger partial charge is 0.238 e. The first kappa shape index (κ1) is 15.8. The minimum Gasteiger partial charge on any atom is -0.492 e. The van der Waals surface area contributed by atoms with Crippen molar-refractivity contribution in [3.8, 4) is 5.75 Å². The predicted molar refractivity (Wildman–Crippen MR) is 81.5 cm³/mol. The number of hydrogen-bond acceptors (Lipinski definition) is 5. The Morgan fingerprint density at radius 2 is 2.33 bits per heavy atom. The van der Waals surface area contributed by atoms with E-state index in [1.165, 1.54) is 0 Å². The van der Waals surface area contributed by atoms with Crippen molar-refractivity contribution in [1.29, 1.82) is 0 Å². The summed E-state index contributed by atoms with van der Waals surface area (Å²) in [6, 6.07) is 7.44. The lowest BCUT2D eigenvalue weighted by atomic mass is 10.2. The van der Waals surface area contributed by atoms with Crippen LogP contribution < -0.4 is 15.8 Å². The maximum atomic E-state index is 12.2. The first-order chi connectivity index (χ1) is 10.2. The van der Waals surface area contributed by atoms with Crippen molar-refractivity contribution in [1.82, 2.24) is 4.90 Å². The zero-order valence-electron chi connectivity index (χ0n) is 12.4. The van der Waals surface area contributed by atoms with E-state index in [2.05, 4.69) is 10.2 Å². The van der Waals surface area contributed by atoms with Gasteiger partial charge in [-0.25, -0.2) is 0 Å². The van der Waals surface area contributed by atoms with Gasteiger partial charge in [-0.15, -0.1) is 0 Å². The van der Waals surface area contributed by atoms with Gasteiger partial charge in [0.2, 0.25) is 5.91 Å². The van der Waals surface area contributed by atoms with Gasteiger partial charge in [0.05, 0.1) is 31.5 Å². The molecule has 1 aliphatic rings. The van der Waals surface area contributed by atoms with Crippen LogP contribution in [-0.2, 0) is 9.53 Å². The van der Waals surface area contributed by atoms with Crippen LogP contribution in [-0.4, -0.2) is 56.3 Å². The third kappa shape index (κ3) is 4.70. The molecule has 1 aliphatic heterocycles. The molecule has 0 spiro atoms. The fourth-order valence-corrected chi connectivity index (χ4v) is 2.31. The van der Waals surface area contributed by atoms with Gasteiger partial charge in [-0.3, -0.25) is 9.69 Å². The number of amides is 1. The molecular weight excluding hydrogens is 270 g/mol. The molecule has 0 saturated carbocycles. The average molecular weight is 293 g/mol. The third-order valence-electron chi connectivity index (χ3n) is 3.31. The third-order valence-corrected chi connectivity index (χ3v) is 3.31. The van der Waals surface area contributed by atoms with Crippen molar-refractivity contribution in [3.63, 3.8) is 0 Å². The number of benzene rings is 1. The molecule has 0 aliphatic carbocycles. The van der Waals surface area contributed by atoms with Crippen molar-refractivity contribution in [3.05, 3.63) is 24.3 Å². The van der Waals surface area contributed by atoms with Gasteiger partial charge in [0, 0.05) is 19.6 Å². The molecule has 1 heterocycles. The highest BCUT2D eigenvalue weighted by Gasteiger charge is 2.21. The Bertz CT molecular complexity index is 467. The number of hydrogen-bond donors (Lipinski definition) is 2. The lowest BCUT2D eigenvalue weighted by Crippen LogP contribution is -2.48. The van der Waals surface area contributed by atoms with Crippen LogP contribution in [0.1, 0.15) is 6.92 Å². The summed E-state index contributed by atoms with van der Waals surface area (Å²) in [5.74, 6) is 0.634. The number of morpholine rings is 1. The molecule has 116 valence electrons. The van der Waals surface area contributed by atoms with Crippen molar-refractivity contribution in [2.24, 2.45) is 5.73 Å². The Balaban J connectivity index is 1.89. The Morgan fingerprint density at radius 1 is 1.52 bits per heavy atom. The van der Waals surface area contributed by atoms with E-state index in [0.29, 0.717) is 44.3 Å². The second kappa shape index (κ2) is 7.97. The molecule has 2 rings (SSSR count). The van der Waals surface area contributed by atoms with Crippen molar-refractivity contribution in [2.75, 3.05) is 44.7 Å². The summed E-state index contributed by atoms with van der Waals surface area (Å²) >= 11 is 0. The van der Waals surface area contributed by atoms with Crippen LogP contribution in [0.4, 0.5) is 5.69 Å². The van der Waals surface area contributed by atoms with Gasteiger partial charge in [-0.05, 0) is 19.1 Å². The van der Waals surface area contributed by atoms with Gasteiger partial charge in [0.15, 0.2) is 0 Å². The van der Waals surface area contributed by atoms with Crippen LogP contribution in [0.15, 0.2) is 24.3 Å². The van der Waals surface area contributed by atoms with Gasteiger partial charge in [0.1, 0.15) is 5.75 Å². The minimum absolute atomic E-state index is 0.0160. The number of nitrogens with one attached hydrogen (secondary N) is 1. The molecule has 1 atom stereocenters. The Morgan fingerprint density at radius 3 is 3.10 bits per heavy atom. The fourth-order valence-electron chi connectivity index (χ4n) is 2.31. The Hall–Kier alpha value is -1.63. The van der Waals surface area contributed by atoms with Gasteiger partial charge < -0.3 is 20.5 Å². The van der Waals surface area contributed by atoms with Crippen LogP contribution in [0, 0.1) is 0 Å². The monoisotopic (exact) mass is 293 g/mol. The molecule has 3 N–H and O–H groups in total. The first-order valence-electron chi connectivity index (χ1n) is 7.28. The maximum Gasteiger partial charge on any atom is 0.238 e. The fraction of sp³-hybridized carbons (Fsp3) is 0.533. The lowest BCUT2D eigenvalue weighted by molar-refractivity contribution is -0.119. The van der Waals surface area contributed by atoms with Crippen molar-refractivity contribution in [2.45, 2.75) is 13.0 Å². The van der Waals surface area contributed by atoms with Crippen LogP contribution >= 0.6 is 0 Å². The van der Waals surface area contributed by atoms with E-state index < -0.39 is 0 Å². The number of anilines is 1. The quantitative estimate of drug-likeness (QED) is 0.807. The standard InChI is InChI=1S/C15H23N3O3/c1-2-20-14-6-4-3-5-13(14)17-15(19)11-18-7-8-21-12(9-16)10-18/h3-6,12H,2,7-11,16H2,1H3,(H,17,19). The van der Waals surface area contributed by atoms with Gasteiger partial charge in [-0.2, -0.15) is 0 Å². The molecule has 1 amide bonds. The summed E-state index contributed by atoms with van der Waals surface area (Å²) in [4.78, 5) is 14.2. The second-order valence-electron chi connectivity index (χ2n) is 4.94. The zero-order valence-corrected chi connectivity index (χ0v) is 12.4. The number of para-hydroxylation sites is 2. The predicted octanol–water partition coefficient (Wildman–Crippen LogP) is 0.683. The van der Waals surface area contributed by atoms with Crippen molar-refractivity contribution >= 4 is 11.6 Å². The summed E-state index contributed by atoms with van der Waals surface area (Å²) in [5, 5.41) is 2.90. The molecule has 1 aromatic rings. The highest BCUT2D eigenvalue weighted by Crippen LogP contribution is 2.23. The average Bonchev–Trinajstić information content (AvgIpc) is 2.49. The van der Waals surface area contributed by atoms with E-state index in [9.17, 15) is 4.79 Å². The summed E-state index contributed by atoms with van der Waals surface area (Å²) < 4.78 is 11.0. The Labute approximate surface area is 125 Å². The van der Waals surface area contributed by atoms with Gasteiger partial charge in [-0.1, -0.05) is 12.1 Å². The first-order valence-corrected chi connectivity index (χ1v) is 7.28. The summed E-state index contributed by atoms with van der Waals surface area (Å²) in [6.45, 7) is 5.35. The number of rotatable bonds is 6. The largest absolute Gasteiger partial charge is 0.492 e. The van der Waals surface area contributed by atoms with E-state index in [-0.39, 0.29) is 12.0 Å². The van der Waals surface area contributed by atoms with E-state index in [0.717, 1.165) is 6.54 Å². The summed E-state index contributed by atoms with van der Waals surface area (Å²) in [7, 11) is 0. The maximum absolute atomic E-state index is 12.2. The van der Waals surface area contributed by atoms with Crippen LogP contribution in [0.25, 0.3) is 0 Å². The van der Waals surface area contributed by atoms with Gasteiger partial charge in [0.25, 0.3) is 0 Å². The zero-order chi connectivity index (χ0) is 15.1. The molecule has 21 heavy (non-hydrogen) atoms. The molecule has 0 aromatic heterocycles. The highest BCUT2D eigenvalue weighted by atomic mass is 16.5. The molecule has 6 nitrogen and oxygen atoms in total. The molecule has 0 bridgehead atoms. The number of nitrogens with two attached hydrogens (primary N) is 1. The van der Waals surface area contributed by atoms with Crippen LogP contribution in [0.5, 0.6) is 5.75 Å². The topological polar surface area (TPSA) is 76.8 Å². The van der Waals surface area contributed by atoms with Crippen LogP contribution in [0.3, 0.4) is 0 Å². The summed E-state index contributed by atoms with van der Waals surface area (Å²) in [6.07, 6.45) is 0.0160. The second-order valence-corrected chi connectivity index (χ2v) is 4.94. The molecule has 1 saturated heterocycles. The lowest BCUT2D eigenvalue weighted by Gasteiger charge is -2.31. The number of nitrogens with zero attached hydrogens (tertiary/aromatic N) is 1. The molecule has 1 fully saturated rings. The van der Waals surface area contributed by atoms with Crippen molar-refractivity contribution < 1.29 is 14.3 Å². The van der Waals surface area contributed by atoms with E-state index in [1.54, 1.807) is 0 Å². The molecule has 1 aromatic carbocycles. The molecular formula is C15H23N3O3. The molecule has 1 unspecified atom stereocenters. The van der Waals surface area contributed by atoms with E-state index in [4.69, 9.17) is 15.2 Å². The molecule has 6 heteroatoms. The minimum atomic E-state index is -0.0557. The SMILES string of the molecule is CCOc1ccccc1NC(=O)CN1CCOC(CN)C1. The van der Waals surface area contributed by atoms with E-state index in [1.807, 2.05) is 31.2 Å². The number of carbonyl (C=O) groups is 1. The number of ether oxygens (including phenoxy) is 2. The summed E-state index contributed by atoms with van der Waals surface area (Å²) in [5.41, 5.74) is 6.31. The Kier molecular flexibility index (Phi) is 5.98. The highest BCUT2D eigenvalue weighted by molar-refractivity contribution is 5.93. The van der Waals surface area contributed by atoms with E-state index >= 15 is 0 Å². The van der Waals surface area contributed by atoms with Gasteiger partial charge >= 0.3 is 0 Å². The molecule has 0 radical (unpaired) electrons. The van der Waals surface area contributed by atoms with Crippen LogP contribution in [0.2, 0.25) is 0 Å². The normalized spacial score (nSPS) is 19.2.